The van der Waals surface area contributed by atoms with Crippen molar-refractivity contribution in [2.75, 3.05) is 6.54 Å². The number of aromatic nitrogens is 2. The molecule has 1 aliphatic heterocycles. The fourth-order valence-electron chi connectivity index (χ4n) is 3.63. The number of amides is 1. The van der Waals surface area contributed by atoms with Gasteiger partial charge in [-0.05, 0) is 43.9 Å². The third-order valence-electron chi connectivity index (χ3n) is 5.14. The lowest BCUT2D eigenvalue weighted by molar-refractivity contribution is -0.135. The molecule has 0 N–H and O–H groups in total. The summed E-state index contributed by atoms with van der Waals surface area (Å²) < 4.78 is 1.43. The van der Waals surface area contributed by atoms with Crippen LogP contribution in [-0.4, -0.2) is 32.9 Å². The molecule has 0 saturated carbocycles. The highest BCUT2D eigenvalue weighted by molar-refractivity contribution is 7.17. The van der Waals surface area contributed by atoms with E-state index in [2.05, 4.69) is 11.9 Å². The molecule has 1 aromatic carbocycles. The lowest BCUT2D eigenvalue weighted by atomic mass is 10.0. The second-order valence-corrected chi connectivity index (χ2v) is 8.24. The summed E-state index contributed by atoms with van der Waals surface area (Å²) in [7, 11) is 0. The minimum absolute atomic E-state index is 0.0197. The van der Waals surface area contributed by atoms with Gasteiger partial charge in [0.25, 0.3) is 5.56 Å². The Morgan fingerprint density at radius 3 is 2.81 bits per heavy atom. The van der Waals surface area contributed by atoms with Crippen LogP contribution in [0.15, 0.2) is 40.8 Å². The van der Waals surface area contributed by atoms with Gasteiger partial charge in [-0.3, -0.25) is 14.2 Å². The summed E-state index contributed by atoms with van der Waals surface area (Å²) in [6.07, 6.45) is 4.67. The van der Waals surface area contributed by atoms with Crippen molar-refractivity contribution in [3.8, 4) is 11.1 Å². The van der Waals surface area contributed by atoms with Crippen LogP contribution < -0.4 is 5.56 Å². The molecule has 3 aromatic rings. The van der Waals surface area contributed by atoms with Crippen LogP contribution in [0.3, 0.4) is 0 Å². The Morgan fingerprint density at radius 2 is 2.07 bits per heavy atom. The fourth-order valence-corrected chi connectivity index (χ4v) is 4.66. The molecule has 1 atom stereocenters. The van der Waals surface area contributed by atoms with Crippen LogP contribution in [0.5, 0.6) is 0 Å². The van der Waals surface area contributed by atoms with E-state index in [0.717, 1.165) is 36.9 Å². The number of hydrogen-bond acceptors (Lipinski definition) is 4. The second-order valence-electron chi connectivity index (χ2n) is 6.95. The van der Waals surface area contributed by atoms with Crippen molar-refractivity contribution < 1.29 is 4.79 Å². The molecule has 2 aromatic heterocycles. The summed E-state index contributed by atoms with van der Waals surface area (Å²) in [5, 5.41) is 3.14. The Kier molecular flexibility index (Phi) is 5.02. The number of thiophene rings is 1. The van der Waals surface area contributed by atoms with Crippen molar-refractivity contribution in [2.24, 2.45) is 0 Å². The minimum Gasteiger partial charge on any atom is -0.338 e. The zero-order valence-electron chi connectivity index (χ0n) is 15.0. The number of piperidine rings is 1. The molecule has 1 amide bonds. The van der Waals surface area contributed by atoms with Crippen LogP contribution in [0.1, 0.15) is 26.2 Å². The van der Waals surface area contributed by atoms with Gasteiger partial charge in [-0.2, -0.15) is 0 Å². The Bertz CT molecular complexity index is 1040. The number of nitrogens with zero attached hydrogens (tertiary/aromatic N) is 3. The largest absolute Gasteiger partial charge is 0.338 e. The molecule has 0 radical (unpaired) electrons. The molecule has 5 nitrogen and oxygen atoms in total. The summed E-state index contributed by atoms with van der Waals surface area (Å²) in [5.41, 5.74) is 1.57. The first-order chi connectivity index (χ1) is 13.0. The van der Waals surface area contributed by atoms with Gasteiger partial charge in [0.15, 0.2) is 0 Å². The standard InChI is InChI=1S/C20H20ClN3O2S/c1-13-4-2-3-9-24(13)17(25)10-23-12-22-19-18(20(23)26)16(11-27-19)14-5-7-15(21)8-6-14/h5-8,11-13H,2-4,9-10H2,1H3/t13-/m0/s1. The van der Waals surface area contributed by atoms with Gasteiger partial charge in [0.05, 0.1) is 11.7 Å². The zero-order chi connectivity index (χ0) is 19.0. The van der Waals surface area contributed by atoms with Crippen LogP contribution in [0.25, 0.3) is 21.3 Å². The molecule has 1 aliphatic rings. The van der Waals surface area contributed by atoms with Crippen LogP contribution in [-0.2, 0) is 11.3 Å². The predicted octanol–water partition coefficient (Wildman–Crippen LogP) is 4.18. The third kappa shape index (κ3) is 3.51. The molecule has 0 aliphatic carbocycles. The first-order valence-corrected chi connectivity index (χ1v) is 10.3. The van der Waals surface area contributed by atoms with E-state index in [-0.39, 0.29) is 24.1 Å². The van der Waals surface area contributed by atoms with Gasteiger partial charge in [0.2, 0.25) is 5.91 Å². The number of fused-ring (bicyclic) bond motifs is 1. The molecule has 4 rings (SSSR count). The topological polar surface area (TPSA) is 55.2 Å². The fraction of sp³-hybridized carbons (Fsp3) is 0.350. The lowest BCUT2D eigenvalue weighted by Crippen LogP contribution is -2.44. The smallest absolute Gasteiger partial charge is 0.263 e. The average Bonchev–Trinajstić information content (AvgIpc) is 3.10. The number of benzene rings is 1. The SMILES string of the molecule is C[C@H]1CCCCN1C(=O)Cn1cnc2scc(-c3ccc(Cl)cc3)c2c1=O. The quantitative estimate of drug-likeness (QED) is 0.661. The molecule has 140 valence electrons. The molecule has 0 bridgehead atoms. The van der Waals surface area contributed by atoms with Crippen molar-refractivity contribution >= 4 is 39.1 Å². The van der Waals surface area contributed by atoms with E-state index in [1.165, 1.54) is 22.2 Å². The van der Waals surface area contributed by atoms with E-state index in [4.69, 9.17) is 11.6 Å². The van der Waals surface area contributed by atoms with Gasteiger partial charge >= 0.3 is 0 Å². The van der Waals surface area contributed by atoms with Crippen molar-refractivity contribution in [1.82, 2.24) is 14.5 Å². The molecule has 0 spiro atoms. The number of halogens is 1. The van der Waals surface area contributed by atoms with Crippen LogP contribution in [0.2, 0.25) is 5.02 Å². The number of likely N-dealkylation sites (tertiary alicyclic amines) is 1. The Labute approximate surface area is 166 Å². The van der Waals surface area contributed by atoms with Crippen molar-refractivity contribution in [2.45, 2.75) is 38.8 Å². The molecule has 3 heterocycles. The Morgan fingerprint density at radius 1 is 1.30 bits per heavy atom. The summed E-state index contributed by atoms with van der Waals surface area (Å²) >= 11 is 7.40. The van der Waals surface area contributed by atoms with E-state index in [1.807, 2.05) is 22.4 Å². The van der Waals surface area contributed by atoms with Gasteiger partial charge in [0, 0.05) is 28.6 Å². The summed E-state index contributed by atoms with van der Waals surface area (Å²) in [5.74, 6) is -0.0197. The van der Waals surface area contributed by atoms with Crippen LogP contribution >= 0.6 is 22.9 Å². The minimum atomic E-state index is -0.177. The molecule has 0 unspecified atom stereocenters. The molecule has 7 heteroatoms. The van der Waals surface area contributed by atoms with Crippen molar-refractivity contribution in [1.29, 1.82) is 0 Å². The van der Waals surface area contributed by atoms with Gasteiger partial charge in [0.1, 0.15) is 11.4 Å². The highest BCUT2D eigenvalue weighted by atomic mass is 35.5. The van der Waals surface area contributed by atoms with E-state index < -0.39 is 0 Å². The highest BCUT2D eigenvalue weighted by Crippen LogP contribution is 2.31. The van der Waals surface area contributed by atoms with E-state index in [1.54, 1.807) is 12.1 Å². The van der Waals surface area contributed by atoms with Gasteiger partial charge < -0.3 is 4.90 Å². The second kappa shape index (κ2) is 7.44. The average molecular weight is 402 g/mol. The zero-order valence-corrected chi connectivity index (χ0v) is 16.6. The Balaban J connectivity index is 1.69. The third-order valence-corrected chi connectivity index (χ3v) is 6.28. The first kappa shape index (κ1) is 18.2. The molecule has 1 fully saturated rings. The van der Waals surface area contributed by atoms with Crippen molar-refractivity contribution in [3.05, 3.63) is 51.3 Å². The molecule has 27 heavy (non-hydrogen) atoms. The number of carbonyl (C=O) groups excluding carboxylic acids is 1. The van der Waals surface area contributed by atoms with Crippen LogP contribution in [0, 0.1) is 0 Å². The van der Waals surface area contributed by atoms with Crippen LogP contribution in [0.4, 0.5) is 0 Å². The highest BCUT2D eigenvalue weighted by Gasteiger charge is 2.24. The predicted molar refractivity (Wildman–Crippen MR) is 109 cm³/mol. The number of rotatable bonds is 3. The maximum Gasteiger partial charge on any atom is 0.263 e. The van der Waals surface area contributed by atoms with Gasteiger partial charge in [-0.25, -0.2) is 4.98 Å². The number of hydrogen-bond donors (Lipinski definition) is 0. The summed E-state index contributed by atoms with van der Waals surface area (Å²) in [4.78, 5) is 32.8. The molecule has 1 saturated heterocycles. The number of carbonyl (C=O) groups is 1. The summed E-state index contributed by atoms with van der Waals surface area (Å²) in [6, 6.07) is 7.61. The maximum absolute atomic E-state index is 13.1. The summed E-state index contributed by atoms with van der Waals surface area (Å²) in [6.45, 7) is 2.86. The molecular weight excluding hydrogens is 382 g/mol. The van der Waals surface area contributed by atoms with Crippen molar-refractivity contribution in [3.63, 3.8) is 0 Å². The van der Waals surface area contributed by atoms with Gasteiger partial charge in [-0.15, -0.1) is 11.3 Å². The maximum atomic E-state index is 13.1. The van der Waals surface area contributed by atoms with E-state index in [0.29, 0.717) is 15.2 Å². The van der Waals surface area contributed by atoms with E-state index >= 15 is 0 Å². The normalized spacial score (nSPS) is 17.4. The lowest BCUT2D eigenvalue weighted by Gasteiger charge is -2.33. The van der Waals surface area contributed by atoms with E-state index in [9.17, 15) is 9.59 Å². The molecular formula is C20H20ClN3O2S. The monoisotopic (exact) mass is 401 g/mol. The Hall–Kier alpha value is -2.18. The van der Waals surface area contributed by atoms with Gasteiger partial charge in [-0.1, -0.05) is 23.7 Å². The first-order valence-electron chi connectivity index (χ1n) is 9.06.